The van der Waals surface area contributed by atoms with Crippen LogP contribution in [-0.4, -0.2) is 33.7 Å². The molecule has 0 fully saturated rings. The van der Waals surface area contributed by atoms with E-state index in [0.717, 1.165) is 12.3 Å². The van der Waals surface area contributed by atoms with Crippen LogP contribution in [-0.2, 0) is 22.7 Å². The van der Waals surface area contributed by atoms with Crippen LogP contribution in [0.25, 0.3) is 0 Å². The Hall–Kier alpha value is -3.31. The molecule has 0 bridgehead atoms. The number of ether oxygens (including phenoxy) is 1. The minimum absolute atomic E-state index is 0.140. The van der Waals surface area contributed by atoms with Crippen molar-refractivity contribution in [3.63, 3.8) is 0 Å². The molecule has 0 aliphatic heterocycles. The quantitative estimate of drug-likeness (QED) is 0.294. The van der Waals surface area contributed by atoms with Crippen molar-refractivity contribution in [2.45, 2.75) is 12.7 Å². The maximum atomic E-state index is 13.5. The Balaban J connectivity index is 1.67. The maximum Gasteiger partial charge on any atom is 0.418 e. The summed E-state index contributed by atoms with van der Waals surface area (Å²) in [5.41, 5.74) is -1.12. The van der Waals surface area contributed by atoms with Gasteiger partial charge in [0.15, 0.2) is 0 Å². The molecule has 0 radical (unpaired) electrons. The first-order valence-corrected chi connectivity index (χ1v) is 12.7. The fourth-order valence-corrected chi connectivity index (χ4v) is 4.30. The molecule has 3 aromatic rings. The van der Waals surface area contributed by atoms with Gasteiger partial charge in [0.05, 0.1) is 30.6 Å². The number of benzene rings is 3. The Morgan fingerprint density at radius 2 is 1.67 bits per heavy atom. The van der Waals surface area contributed by atoms with E-state index >= 15 is 0 Å². The Morgan fingerprint density at radius 1 is 1.03 bits per heavy atom. The first kappa shape index (κ1) is 27.3. The van der Waals surface area contributed by atoms with Crippen molar-refractivity contribution < 1.29 is 35.5 Å². The van der Waals surface area contributed by atoms with E-state index in [1.165, 1.54) is 54.6 Å². The van der Waals surface area contributed by atoms with Gasteiger partial charge in [0.1, 0.15) is 18.2 Å². The number of nitrogens with zero attached hydrogens (tertiary/aromatic N) is 1. The number of carbonyl (C=O) groups excluding carboxylic acids is 1. The lowest BCUT2D eigenvalue weighted by Crippen LogP contribution is -2.31. The average Bonchev–Trinajstić information content (AvgIpc) is 2.80. The molecule has 1 amide bonds. The van der Waals surface area contributed by atoms with Gasteiger partial charge in [-0.1, -0.05) is 23.7 Å². The van der Waals surface area contributed by atoms with Gasteiger partial charge in [0.25, 0.3) is 5.91 Å². The molecule has 0 saturated carbocycles. The van der Waals surface area contributed by atoms with E-state index < -0.39 is 45.7 Å². The highest BCUT2D eigenvalue weighted by molar-refractivity contribution is 7.92. The first-order chi connectivity index (χ1) is 16.8. The third-order valence-electron chi connectivity index (χ3n) is 4.95. The standard InChI is InChI=1S/C24H21ClF4N2O4S/c1-36(33,34)31(22-11-6-18(25)14-21(22)24(27,28)29)15-16-2-4-17(5-3-16)23(32)30-12-13-35-20-9-7-19(26)8-10-20/h2-11,14H,12-13,15H2,1H3,(H,30,32). The number of alkyl halides is 3. The Morgan fingerprint density at radius 3 is 2.25 bits per heavy atom. The zero-order valence-corrected chi connectivity index (χ0v) is 20.4. The molecule has 0 aliphatic rings. The molecule has 0 unspecified atom stereocenters. The van der Waals surface area contributed by atoms with Crippen LogP contribution >= 0.6 is 11.6 Å². The number of rotatable bonds is 9. The predicted octanol–water partition coefficient (Wildman–Crippen LogP) is 5.27. The van der Waals surface area contributed by atoms with Gasteiger partial charge >= 0.3 is 6.18 Å². The summed E-state index contributed by atoms with van der Waals surface area (Å²) in [6.45, 7) is -0.0883. The summed E-state index contributed by atoms with van der Waals surface area (Å²) in [7, 11) is -4.10. The zero-order chi connectivity index (χ0) is 26.5. The van der Waals surface area contributed by atoms with Gasteiger partial charge < -0.3 is 10.1 Å². The number of sulfonamides is 1. The summed E-state index contributed by atoms with van der Waals surface area (Å²) in [5, 5.41) is 2.46. The number of carbonyl (C=O) groups is 1. The van der Waals surface area contributed by atoms with Crippen LogP contribution in [0, 0.1) is 5.82 Å². The van der Waals surface area contributed by atoms with Gasteiger partial charge in [0.2, 0.25) is 10.0 Å². The molecule has 3 aromatic carbocycles. The van der Waals surface area contributed by atoms with Crippen LogP contribution in [0.4, 0.5) is 23.2 Å². The fraction of sp³-hybridized carbons (Fsp3) is 0.208. The summed E-state index contributed by atoms with van der Waals surface area (Å²) in [5.74, 6) is -0.381. The number of halogens is 5. The van der Waals surface area contributed by atoms with Crippen LogP contribution in [0.1, 0.15) is 21.5 Å². The normalized spacial score (nSPS) is 11.7. The molecule has 0 aliphatic carbocycles. The highest BCUT2D eigenvalue weighted by Gasteiger charge is 2.37. The lowest BCUT2D eigenvalue weighted by Gasteiger charge is -2.26. The minimum atomic E-state index is -4.83. The highest BCUT2D eigenvalue weighted by Crippen LogP contribution is 2.39. The lowest BCUT2D eigenvalue weighted by molar-refractivity contribution is -0.137. The van der Waals surface area contributed by atoms with Crippen molar-refractivity contribution in [3.05, 3.63) is 94.3 Å². The van der Waals surface area contributed by atoms with Crippen molar-refractivity contribution in [2.24, 2.45) is 0 Å². The molecule has 6 nitrogen and oxygen atoms in total. The van der Waals surface area contributed by atoms with Crippen LogP contribution in [0.2, 0.25) is 5.02 Å². The number of anilines is 1. The van der Waals surface area contributed by atoms with Crippen LogP contribution in [0.5, 0.6) is 5.75 Å². The molecule has 0 saturated heterocycles. The number of hydrogen-bond donors (Lipinski definition) is 1. The second kappa shape index (κ2) is 11.2. The second-order valence-electron chi connectivity index (χ2n) is 7.68. The van der Waals surface area contributed by atoms with Gasteiger partial charge in [-0.05, 0) is 60.2 Å². The van der Waals surface area contributed by atoms with Crippen molar-refractivity contribution in [3.8, 4) is 5.75 Å². The van der Waals surface area contributed by atoms with E-state index in [-0.39, 0.29) is 23.7 Å². The second-order valence-corrected chi connectivity index (χ2v) is 10.0. The molecule has 0 atom stereocenters. The van der Waals surface area contributed by atoms with Gasteiger partial charge in [-0.2, -0.15) is 13.2 Å². The topological polar surface area (TPSA) is 75.7 Å². The number of nitrogens with one attached hydrogen (secondary N) is 1. The molecule has 1 N–H and O–H groups in total. The summed E-state index contributed by atoms with van der Waals surface area (Å²) in [6.07, 6.45) is -4.02. The van der Waals surface area contributed by atoms with Crippen LogP contribution in [0.3, 0.4) is 0 Å². The van der Waals surface area contributed by atoms with Gasteiger partial charge in [-0.15, -0.1) is 0 Å². The summed E-state index contributed by atoms with van der Waals surface area (Å²) in [4.78, 5) is 12.3. The van der Waals surface area contributed by atoms with Crippen molar-refractivity contribution >= 4 is 33.2 Å². The van der Waals surface area contributed by atoms with E-state index in [1.54, 1.807) is 0 Å². The maximum absolute atomic E-state index is 13.5. The minimum Gasteiger partial charge on any atom is -0.492 e. The van der Waals surface area contributed by atoms with Crippen LogP contribution in [0.15, 0.2) is 66.7 Å². The Bertz CT molecular complexity index is 1320. The predicted molar refractivity (Wildman–Crippen MR) is 128 cm³/mol. The van der Waals surface area contributed by atoms with E-state index in [4.69, 9.17) is 16.3 Å². The monoisotopic (exact) mass is 544 g/mol. The van der Waals surface area contributed by atoms with Gasteiger partial charge in [0, 0.05) is 10.6 Å². The summed E-state index contributed by atoms with van der Waals surface area (Å²) >= 11 is 5.70. The number of hydrogen-bond acceptors (Lipinski definition) is 4. The Kier molecular flexibility index (Phi) is 8.47. The van der Waals surface area contributed by atoms with E-state index in [0.29, 0.717) is 21.7 Å². The molecular formula is C24H21ClF4N2O4S. The van der Waals surface area contributed by atoms with E-state index in [1.807, 2.05) is 0 Å². The summed E-state index contributed by atoms with van der Waals surface area (Å²) in [6, 6.07) is 14.0. The lowest BCUT2D eigenvalue weighted by atomic mass is 10.1. The first-order valence-electron chi connectivity index (χ1n) is 10.4. The number of amides is 1. The molecular weight excluding hydrogens is 524 g/mol. The highest BCUT2D eigenvalue weighted by atomic mass is 35.5. The molecule has 192 valence electrons. The molecule has 3 rings (SSSR count). The van der Waals surface area contributed by atoms with Gasteiger partial charge in [-0.25, -0.2) is 12.8 Å². The smallest absolute Gasteiger partial charge is 0.418 e. The summed E-state index contributed by atoms with van der Waals surface area (Å²) < 4.78 is 84.3. The molecule has 36 heavy (non-hydrogen) atoms. The average molecular weight is 545 g/mol. The van der Waals surface area contributed by atoms with Crippen molar-refractivity contribution in [2.75, 3.05) is 23.7 Å². The Labute approximate surface area is 210 Å². The van der Waals surface area contributed by atoms with Gasteiger partial charge in [-0.3, -0.25) is 9.10 Å². The third kappa shape index (κ3) is 7.34. The van der Waals surface area contributed by atoms with E-state index in [2.05, 4.69) is 5.32 Å². The fourth-order valence-electron chi connectivity index (χ4n) is 3.23. The largest absolute Gasteiger partial charge is 0.492 e. The van der Waals surface area contributed by atoms with E-state index in [9.17, 15) is 30.8 Å². The molecule has 0 spiro atoms. The molecule has 0 heterocycles. The van der Waals surface area contributed by atoms with Crippen molar-refractivity contribution in [1.82, 2.24) is 5.32 Å². The van der Waals surface area contributed by atoms with Crippen LogP contribution < -0.4 is 14.4 Å². The molecule has 0 aromatic heterocycles. The zero-order valence-electron chi connectivity index (χ0n) is 18.9. The SMILES string of the molecule is CS(=O)(=O)N(Cc1ccc(C(=O)NCCOc2ccc(F)cc2)cc1)c1ccc(Cl)cc1C(F)(F)F. The van der Waals surface area contributed by atoms with Crippen molar-refractivity contribution in [1.29, 1.82) is 0 Å². The third-order valence-corrected chi connectivity index (χ3v) is 6.31. The molecule has 12 heteroatoms.